The number of carbonyl (C=O) groups is 1. The fraction of sp³-hybridized carbons (Fsp3) is 0.111. The van der Waals surface area contributed by atoms with Gasteiger partial charge in [0.1, 0.15) is 11.5 Å². The van der Waals surface area contributed by atoms with E-state index in [0.717, 1.165) is 0 Å². The lowest BCUT2D eigenvalue weighted by atomic mass is 10.1. The molecule has 4 nitrogen and oxygen atoms in total. The van der Waals surface area contributed by atoms with Gasteiger partial charge in [0.25, 0.3) is 0 Å². The largest absolute Gasteiger partial charge is 0.508 e. The maximum Gasteiger partial charge on any atom is 0.210 e. The van der Waals surface area contributed by atoms with Crippen LogP contribution in [-0.4, -0.2) is 21.8 Å². The first-order valence-electron chi connectivity index (χ1n) is 3.67. The van der Waals surface area contributed by atoms with Gasteiger partial charge >= 0.3 is 0 Å². The summed E-state index contributed by atoms with van der Waals surface area (Å²) in [7, 11) is 0. The minimum atomic E-state index is -0.404. The lowest BCUT2D eigenvalue weighted by Crippen LogP contribution is -2.09. The van der Waals surface area contributed by atoms with Crippen molar-refractivity contribution in [3.05, 3.63) is 29.8 Å². The predicted octanol–water partition coefficient (Wildman–Crippen LogP) is 1.42. The first kappa shape index (κ1) is 9.25. The molecule has 1 aromatic rings. The summed E-state index contributed by atoms with van der Waals surface area (Å²) < 4.78 is 0. The average Bonchev–Trinajstić information content (AvgIpc) is 2.15. The molecule has 4 heteroatoms. The number of ketones is 1. The smallest absolute Gasteiger partial charge is 0.210 e. The second-order valence-electron chi connectivity index (χ2n) is 2.56. The molecular formula is C9H9NO3. The SMILES string of the molecule is C/C(=N\O)C(=O)c1cccc(O)c1. The van der Waals surface area contributed by atoms with Crippen LogP contribution in [0.3, 0.4) is 0 Å². The lowest BCUT2D eigenvalue weighted by molar-refractivity contribution is 0.106. The monoisotopic (exact) mass is 179 g/mol. The highest BCUT2D eigenvalue weighted by atomic mass is 16.4. The van der Waals surface area contributed by atoms with Crippen molar-refractivity contribution >= 4 is 11.5 Å². The Morgan fingerprint density at radius 1 is 1.46 bits per heavy atom. The topological polar surface area (TPSA) is 69.9 Å². The van der Waals surface area contributed by atoms with E-state index in [9.17, 15) is 4.79 Å². The van der Waals surface area contributed by atoms with Crippen LogP contribution in [0.2, 0.25) is 0 Å². The van der Waals surface area contributed by atoms with Gasteiger partial charge < -0.3 is 10.3 Å². The molecule has 68 valence electrons. The zero-order valence-electron chi connectivity index (χ0n) is 7.06. The molecule has 0 saturated carbocycles. The zero-order valence-corrected chi connectivity index (χ0v) is 7.06. The summed E-state index contributed by atoms with van der Waals surface area (Å²) in [5, 5.41) is 20.2. The van der Waals surface area contributed by atoms with E-state index in [1.807, 2.05) is 0 Å². The maximum atomic E-state index is 11.3. The van der Waals surface area contributed by atoms with Gasteiger partial charge in [-0.15, -0.1) is 0 Å². The molecule has 0 aliphatic carbocycles. The van der Waals surface area contributed by atoms with Crippen molar-refractivity contribution in [2.24, 2.45) is 5.16 Å². The Balaban J connectivity index is 3.03. The Labute approximate surface area is 75.1 Å². The highest BCUT2D eigenvalue weighted by molar-refractivity contribution is 6.45. The van der Waals surface area contributed by atoms with Crippen LogP contribution in [0.15, 0.2) is 29.4 Å². The molecule has 0 aliphatic rings. The molecule has 0 radical (unpaired) electrons. The standard InChI is InChI=1S/C9H9NO3/c1-6(10-13)9(12)7-3-2-4-8(11)5-7/h2-5,11,13H,1H3/b10-6+. The second-order valence-corrected chi connectivity index (χ2v) is 2.56. The second kappa shape index (κ2) is 3.71. The Morgan fingerprint density at radius 3 is 2.69 bits per heavy atom. The zero-order chi connectivity index (χ0) is 9.84. The molecule has 1 aromatic carbocycles. The Bertz CT molecular complexity index is 358. The summed E-state index contributed by atoms with van der Waals surface area (Å²) in [6, 6.07) is 5.86. The molecular weight excluding hydrogens is 170 g/mol. The number of aromatic hydroxyl groups is 1. The number of phenolic OH excluding ortho intramolecular Hbond substituents is 1. The molecule has 1 rings (SSSR count). The number of carbonyl (C=O) groups excluding carboxylic acids is 1. The van der Waals surface area contributed by atoms with Crippen LogP contribution in [0.1, 0.15) is 17.3 Å². The molecule has 0 fully saturated rings. The summed E-state index contributed by atoms with van der Waals surface area (Å²) in [6.07, 6.45) is 0. The molecule has 0 atom stereocenters. The summed E-state index contributed by atoms with van der Waals surface area (Å²) >= 11 is 0. The Hall–Kier alpha value is -1.84. The van der Waals surface area contributed by atoms with Crippen molar-refractivity contribution in [3.63, 3.8) is 0 Å². The highest BCUT2D eigenvalue weighted by Crippen LogP contribution is 2.11. The Morgan fingerprint density at radius 2 is 2.15 bits per heavy atom. The number of hydrogen-bond donors (Lipinski definition) is 2. The van der Waals surface area contributed by atoms with Crippen LogP contribution in [0, 0.1) is 0 Å². The van der Waals surface area contributed by atoms with Crippen molar-refractivity contribution in [1.29, 1.82) is 0 Å². The lowest BCUT2D eigenvalue weighted by Gasteiger charge is -1.98. The van der Waals surface area contributed by atoms with Crippen molar-refractivity contribution in [3.8, 4) is 5.75 Å². The van der Waals surface area contributed by atoms with Gasteiger partial charge in [-0.3, -0.25) is 4.79 Å². The molecule has 0 aromatic heterocycles. The molecule has 13 heavy (non-hydrogen) atoms. The average molecular weight is 179 g/mol. The number of oxime groups is 1. The molecule has 2 N–H and O–H groups in total. The van der Waals surface area contributed by atoms with Gasteiger partial charge in [-0.05, 0) is 19.1 Å². The number of rotatable bonds is 2. The van der Waals surface area contributed by atoms with E-state index < -0.39 is 5.78 Å². The fourth-order valence-electron chi connectivity index (χ4n) is 0.901. The molecule has 0 saturated heterocycles. The van der Waals surface area contributed by atoms with Crippen LogP contribution in [0.4, 0.5) is 0 Å². The quantitative estimate of drug-likeness (QED) is 0.312. The van der Waals surface area contributed by atoms with Crippen molar-refractivity contribution in [1.82, 2.24) is 0 Å². The van der Waals surface area contributed by atoms with Gasteiger partial charge in [-0.2, -0.15) is 0 Å². The molecule has 0 spiro atoms. The summed E-state index contributed by atoms with van der Waals surface area (Å²) in [5.41, 5.74) is 0.293. The van der Waals surface area contributed by atoms with E-state index in [0.29, 0.717) is 5.56 Å². The molecule has 0 aliphatic heterocycles. The molecule has 0 amide bonds. The van der Waals surface area contributed by atoms with E-state index in [2.05, 4.69) is 5.16 Å². The van der Waals surface area contributed by atoms with Gasteiger partial charge in [0.05, 0.1) is 0 Å². The van der Waals surface area contributed by atoms with E-state index in [-0.39, 0.29) is 11.5 Å². The van der Waals surface area contributed by atoms with Crippen LogP contribution in [0.25, 0.3) is 0 Å². The molecule has 0 unspecified atom stereocenters. The van der Waals surface area contributed by atoms with E-state index >= 15 is 0 Å². The third-order valence-electron chi connectivity index (χ3n) is 1.59. The highest BCUT2D eigenvalue weighted by Gasteiger charge is 2.09. The summed E-state index contributed by atoms with van der Waals surface area (Å²) in [6.45, 7) is 1.40. The normalized spacial score (nSPS) is 11.3. The van der Waals surface area contributed by atoms with Gasteiger partial charge in [0.15, 0.2) is 0 Å². The number of nitrogens with zero attached hydrogens (tertiary/aromatic N) is 1. The Kier molecular flexibility index (Phi) is 2.64. The molecule has 0 heterocycles. The van der Waals surface area contributed by atoms with Crippen LogP contribution in [0.5, 0.6) is 5.75 Å². The van der Waals surface area contributed by atoms with Crippen LogP contribution >= 0.6 is 0 Å². The van der Waals surface area contributed by atoms with Gasteiger partial charge in [0, 0.05) is 5.56 Å². The van der Waals surface area contributed by atoms with Gasteiger partial charge in [-0.1, -0.05) is 17.3 Å². The van der Waals surface area contributed by atoms with Crippen LogP contribution in [-0.2, 0) is 0 Å². The van der Waals surface area contributed by atoms with Crippen LogP contribution < -0.4 is 0 Å². The summed E-state index contributed by atoms with van der Waals surface area (Å²) in [5.74, 6) is -0.394. The third-order valence-corrected chi connectivity index (χ3v) is 1.59. The van der Waals surface area contributed by atoms with Gasteiger partial charge in [-0.25, -0.2) is 0 Å². The fourth-order valence-corrected chi connectivity index (χ4v) is 0.901. The van der Waals surface area contributed by atoms with E-state index in [1.54, 1.807) is 6.07 Å². The predicted molar refractivity (Wildman–Crippen MR) is 47.3 cm³/mol. The first-order chi connectivity index (χ1) is 6.15. The third kappa shape index (κ3) is 2.05. The van der Waals surface area contributed by atoms with E-state index in [4.69, 9.17) is 10.3 Å². The van der Waals surface area contributed by atoms with E-state index in [1.165, 1.54) is 25.1 Å². The number of Topliss-reactive ketones (excluding diaryl/α,β-unsaturated/α-hetero) is 1. The van der Waals surface area contributed by atoms with Crippen molar-refractivity contribution < 1.29 is 15.1 Å². The van der Waals surface area contributed by atoms with Gasteiger partial charge in [0.2, 0.25) is 5.78 Å². The number of phenols is 1. The summed E-state index contributed by atoms with van der Waals surface area (Å²) in [4.78, 5) is 11.3. The number of benzene rings is 1. The van der Waals surface area contributed by atoms with Crippen molar-refractivity contribution in [2.45, 2.75) is 6.92 Å². The maximum absolute atomic E-state index is 11.3. The molecule has 0 bridgehead atoms. The minimum Gasteiger partial charge on any atom is -0.508 e. The van der Waals surface area contributed by atoms with Crippen molar-refractivity contribution in [2.75, 3.05) is 0 Å². The number of hydrogen-bond acceptors (Lipinski definition) is 4. The first-order valence-corrected chi connectivity index (χ1v) is 3.67. The minimum absolute atomic E-state index is 0.00870.